The third-order valence-corrected chi connectivity index (χ3v) is 5.96. The zero-order valence-electron chi connectivity index (χ0n) is 16.1. The van der Waals surface area contributed by atoms with Gasteiger partial charge in [-0.2, -0.15) is 5.10 Å². The maximum atomic E-state index is 12.8. The fraction of sp³-hybridized carbons (Fsp3) is 0.150. The summed E-state index contributed by atoms with van der Waals surface area (Å²) >= 11 is 6.14. The van der Waals surface area contributed by atoms with Gasteiger partial charge in [-0.1, -0.05) is 23.7 Å². The summed E-state index contributed by atoms with van der Waals surface area (Å²) < 4.78 is 27.3. The van der Waals surface area contributed by atoms with Crippen molar-refractivity contribution in [3.05, 3.63) is 75.5 Å². The Morgan fingerprint density at radius 1 is 1.10 bits per heavy atom. The predicted octanol–water partition coefficient (Wildman–Crippen LogP) is 3.03. The van der Waals surface area contributed by atoms with Gasteiger partial charge in [-0.15, -0.1) is 0 Å². The van der Waals surface area contributed by atoms with Crippen LogP contribution in [0.1, 0.15) is 24.2 Å². The van der Waals surface area contributed by atoms with E-state index >= 15 is 0 Å². The number of anilines is 1. The minimum Gasteiger partial charge on any atom is -0.322 e. The third-order valence-electron chi connectivity index (χ3n) is 3.98. The molecule has 0 radical (unpaired) electrons. The lowest BCUT2D eigenvalue weighted by molar-refractivity contribution is 0.102. The molecule has 0 aliphatic heterocycles. The second-order valence-corrected chi connectivity index (χ2v) is 8.88. The van der Waals surface area contributed by atoms with Crippen LogP contribution in [0, 0.1) is 0 Å². The number of halogens is 1. The summed E-state index contributed by atoms with van der Waals surface area (Å²) in [5.41, 5.74) is 1.36. The quantitative estimate of drug-likeness (QED) is 0.537. The number of aromatic amines is 1. The smallest absolute Gasteiger partial charge is 0.264 e. The molecule has 156 valence electrons. The molecule has 0 unspecified atom stereocenters. The molecular formula is C20H19ClN4O4S. The summed E-state index contributed by atoms with van der Waals surface area (Å²) in [7, 11) is -3.78. The van der Waals surface area contributed by atoms with E-state index in [2.05, 4.69) is 20.2 Å². The highest BCUT2D eigenvalue weighted by Crippen LogP contribution is 2.24. The first kappa shape index (κ1) is 21.7. The van der Waals surface area contributed by atoms with Crippen molar-refractivity contribution in [1.82, 2.24) is 14.9 Å². The Morgan fingerprint density at radius 3 is 2.53 bits per heavy atom. The van der Waals surface area contributed by atoms with E-state index in [-0.39, 0.29) is 27.1 Å². The van der Waals surface area contributed by atoms with E-state index in [9.17, 15) is 18.0 Å². The van der Waals surface area contributed by atoms with Crippen molar-refractivity contribution < 1.29 is 13.2 Å². The number of rotatable bonds is 6. The van der Waals surface area contributed by atoms with Gasteiger partial charge in [0.05, 0.1) is 21.2 Å². The molecule has 3 N–H and O–H groups in total. The summed E-state index contributed by atoms with van der Waals surface area (Å²) in [6.45, 7) is 3.40. The fourth-order valence-corrected chi connectivity index (χ4v) is 4.16. The van der Waals surface area contributed by atoms with Crippen molar-refractivity contribution in [1.29, 1.82) is 0 Å². The number of carbonyl (C=O) groups excluding carboxylic acids is 1. The van der Waals surface area contributed by atoms with E-state index in [0.717, 1.165) is 0 Å². The number of amides is 1. The molecule has 1 aromatic heterocycles. The number of benzene rings is 2. The van der Waals surface area contributed by atoms with Crippen molar-refractivity contribution in [2.45, 2.75) is 24.8 Å². The van der Waals surface area contributed by atoms with Gasteiger partial charge in [0.25, 0.3) is 11.5 Å². The van der Waals surface area contributed by atoms with Crippen molar-refractivity contribution in [2.24, 2.45) is 0 Å². The number of nitrogens with zero attached hydrogens (tertiary/aromatic N) is 1. The van der Waals surface area contributed by atoms with E-state index in [1.807, 2.05) is 0 Å². The molecule has 0 spiro atoms. The van der Waals surface area contributed by atoms with E-state index in [4.69, 9.17) is 11.6 Å². The Kier molecular flexibility index (Phi) is 6.35. The summed E-state index contributed by atoms with van der Waals surface area (Å²) in [4.78, 5) is 23.9. The molecule has 0 aliphatic carbocycles. The molecule has 2 aromatic carbocycles. The average Bonchev–Trinajstić information content (AvgIpc) is 2.68. The summed E-state index contributed by atoms with van der Waals surface area (Å²) in [5.74, 6) is -0.562. The highest BCUT2D eigenvalue weighted by molar-refractivity contribution is 7.89. The van der Waals surface area contributed by atoms with E-state index < -0.39 is 15.9 Å². The molecule has 10 heteroatoms. The van der Waals surface area contributed by atoms with Gasteiger partial charge in [-0.05, 0) is 50.2 Å². The van der Waals surface area contributed by atoms with Gasteiger partial charge in [-0.3, -0.25) is 9.59 Å². The van der Waals surface area contributed by atoms with Crippen molar-refractivity contribution >= 4 is 33.2 Å². The van der Waals surface area contributed by atoms with Crippen LogP contribution in [0.15, 0.2) is 64.3 Å². The zero-order valence-corrected chi connectivity index (χ0v) is 17.7. The molecule has 8 nitrogen and oxygen atoms in total. The van der Waals surface area contributed by atoms with Crippen LogP contribution in [0.25, 0.3) is 11.3 Å². The Balaban J connectivity index is 1.88. The van der Waals surface area contributed by atoms with Crippen LogP contribution in [-0.2, 0) is 10.0 Å². The number of carbonyl (C=O) groups is 1. The molecule has 0 aliphatic rings. The SMILES string of the molecule is CC(C)NS(=O)(=O)c1ccc(Cl)c(C(=O)Nc2cccc(-c3ccc(=O)[nH]n3)c2)c1. The second kappa shape index (κ2) is 8.78. The Hall–Kier alpha value is -3.01. The molecule has 0 atom stereocenters. The Bertz CT molecular complexity index is 1240. The number of sulfonamides is 1. The predicted molar refractivity (Wildman–Crippen MR) is 115 cm³/mol. The van der Waals surface area contributed by atoms with Crippen LogP contribution in [0.4, 0.5) is 5.69 Å². The average molecular weight is 447 g/mol. The highest BCUT2D eigenvalue weighted by atomic mass is 35.5. The van der Waals surface area contributed by atoms with Crippen LogP contribution < -0.4 is 15.6 Å². The van der Waals surface area contributed by atoms with Gasteiger partial charge in [0, 0.05) is 23.4 Å². The van der Waals surface area contributed by atoms with Crippen molar-refractivity contribution in [3.8, 4) is 11.3 Å². The van der Waals surface area contributed by atoms with Crippen LogP contribution in [0.3, 0.4) is 0 Å². The molecule has 3 aromatic rings. The molecule has 0 fully saturated rings. The molecule has 3 rings (SSSR count). The van der Waals surface area contributed by atoms with Crippen LogP contribution in [0.2, 0.25) is 5.02 Å². The number of hydrogen-bond acceptors (Lipinski definition) is 5. The first-order valence-electron chi connectivity index (χ1n) is 8.95. The number of H-pyrrole nitrogens is 1. The van der Waals surface area contributed by atoms with Gasteiger partial charge in [-0.25, -0.2) is 18.2 Å². The van der Waals surface area contributed by atoms with Gasteiger partial charge in [0.2, 0.25) is 10.0 Å². The topological polar surface area (TPSA) is 121 Å². The second-order valence-electron chi connectivity index (χ2n) is 6.76. The van der Waals surface area contributed by atoms with Gasteiger partial charge >= 0.3 is 0 Å². The minimum atomic E-state index is -3.78. The zero-order chi connectivity index (χ0) is 21.9. The lowest BCUT2D eigenvalue weighted by Gasteiger charge is -2.12. The molecule has 0 saturated heterocycles. The number of nitrogens with one attached hydrogen (secondary N) is 3. The monoisotopic (exact) mass is 446 g/mol. The van der Waals surface area contributed by atoms with E-state index in [0.29, 0.717) is 16.9 Å². The van der Waals surface area contributed by atoms with E-state index in [1.165, 1.54) is 24.3 Å². The summed E-state index contributed by atoms with van der Waals surface area (Å²) in [6, 6.07) is 13.4. The molecular weight excluding hydrogens is 428 g/mol. The molecule has 0 saturated carbocycles. The van der Waals surface area contributed by atoms with Crippen LogP contribution in [0.5, 0.6) is 0 Å². The molecule has 0 bridgehead atoms. The summed E-state index contributed by atoms with van der Waals surface area (Å²) in [5, 5.41) is 9.13. The minimum absolute atomic E-state index is 0.0240. The Morgan fingerprint density at radius 2 is 1.87 bits per heavy atom. The maximum Gasteiger partial charge on any atom is 0.264 e. The Labute approximate surface area is 178 Å². The van der Waals surface area contributed by atoms with Gasteiger partial charge in [0.15, 0.2) is 0 Å². The first-order valence-corrected chi connectivity index (χ1v) is 10.8. The first-order chi connectivity index (χ1) is 14.2. The van der Waals surface area contributed by atoms with Gasteiger partial charge in [0.1, 0.15) is 0 Å². The van der Waals surface area contributed by atoms with Gasteiger partial charge < -0.3 is 5.32 Å². The van der Waals surface area contributed by atoms with Crippen LogP contribution in [-0.4, -0.2) is 30.6 Å². The molecule has 1 amide bonds. The maximum absolute atomic E-state index is 12.8. The number of hydrogen-bond donors (Lipinski definition) is 3. The number of aromatic nitrogens is 2. The van der Waals surface area contributed by atoms with E-state index in [1.54, 1.807) is 44.2 Å². The lowest BCUT2D eigenvalue weighted by Crippen LogP contribution is -2.30. The highest BCUT2D eigenvalue weighted by Gasteiger charge is 2.19. The fourth-order valence-electron chi connectivity index (χ4n) is 2.68. The van der Waals surface area contributed by atoms with Crippen molar-refractivity contribution in [2.75, 3.05) is 5.32 Å². The molecule has 1 heterocycles. The van der Waals surface area contributed by atoms with Crippen molar-refractivity contribution in [3.63, 3.8) is 0 Å². The third kappa shape index (κ3) is 5.12. The standard InChI is InChI=1S/C20H19ClN4O4S/c1-12(2)25-30(28,29)15-6-7-17(21)16(11-15)20(27)22-14-5-3-4-13(10-14)18-8-9-19(26)24-23-18/h3-12,25H,1-2H3,(H,22,27)(H,24,26). The normalized spacial score (nSPS) is 11.5. The van der Waals surface area contributed by atoms with Crippen LogP contribution >= 0.6 is 11.6 Å². The largest absolute Gasteiger partial charge is 0.322 e. The summed E-state index contributed by atoms with van der Waals surface area (Å²) in [6.07, 6.45) is 0. The lowest BCUT2D eigenvalue weighted by atomic mass is 10.1. The molecule has 30 heavy (non-hydrogen) atoms.